The molecule has 0 unspecified atom stereocenters. The smallest absolute Gasteiger partial charge is 0.266 e. The average Bonchev–Trinajstić information content (AvgIpc) is 3.68. The molecule has 2 fully saturated rings. The summed E-state index contributed by atoms with van der Waals surface area (Å²) >= 11 is 0. The molecule has 3 heterocycles. The Morgan fingerprint density at radius 2 is 1.91 bits per heavy atom. The van der Waals surface area contributed by atoms with Crippen molar-refractivity contribution < 1.29 is 13.2 Å². The molecule has 33 heavy (non-hydrogen) atoms. The van der Waals surface area contributed by atoms with Crippen LogP contribution in [0.5, 0.6) is 0 Å². The van der Waals surface area contributed by atoms with Crippen LogP contribution in [-0.2, 0) is 6.54 Å². The number of alkyl halides is 2. The SMILES string of the molecule is C=C(C1CC1)N1CCN(c2cc3c(NCc4cccc(C(F)F)c4F)ccnc3cn2)CC1. The zero-order valence-electron chi connectivity index (χ0n) is 18.3. The van der Waals surface area contributed by atoms with Gasteiger partial charge in [0.15, 0.2) is 0 Å². The van der Waals surface area contributed by atoms with Gasteiger partial charge in [0.1, 0.15) is 11.6 Å². The van der Waals surface area contributed by atoms with E-state index in [2.05, 4.69) is 31.7 Å². The molecule has 0 atom stereocenters. The molecule has 1 saturated heterocycles. The second-order valence-electron chi connectivity index (χ2n) is 8.63. The molecule has 0 amide bonds. The van der Waals surface area contributed by atoms with E-state index in [9.17, 15) is 13.2 Å². The van der Waals surface area contributed by atoms with Gasteiger partial charge in [0.25, 0.3) is 6.43 Å². The molecule has 0 radical (unpaired) electrons. The standard InChI is InChI=1S/C25H26F3N5/c1-16(17-5-6-17)32-9-11-33(12-10-32)23-13-20-21(7-8-29-22(20)15-31-23)30-14-18-3-2-4-19(24(18)26)25(27)28/h2-4,7-8,13,15,17,25H,1,5-6,9-12,14H2,(H,29,30). The molecule has 0 bridgehead atoms. The van der Waals surface area contributed by atoms with Gasteiger partial charge in [-0.2, -0.15) is 0 Å². The third-order valence-corrected chi connectivity index (χ3v) is 6.48. The van der Waals surface area contributed by atoms with Crippen LogP contribution < -0.4 is 10.2 Å². The lowest BCUT2D eigenvalue weighted by molar-refractivity contribution is 0.146. The van der Waals surface area contributed by atoms with Crippen LogP contribution in [-0.4, -0.2) is 41.0 Å². The lowest BCUT2D eigenvalue weighted by atomic mass is 10.1. The van der Waals surface area contributed by atoms with E-state index in [-0.39, 0.29) is 12.1 Å². The molecule has 2 aromatic heterocycles. The molecule has 3 aromatic rings. The number of hydrogen-bond acceptors (Lipinski definition) is 5. The summed E-state index contributed by atoms with van der Waals surface area (Å²) in [5.41, 5.74) is 2.35. The number of aromatic nitrogens is 2. The number of rotatable bonds is 7. The molecule has 1 aliphatic heterocycles. The molecule has 1 aromatic carbocycles. The van der Waals surface area contributed by atoms with Gasteiger partial charge in [-0.25, -0.2) is 18.2 Å². The van der Waals surface area contributed by atoms with Crippen molar-refractivity contribution in [2.45, 2.75) is 25.8 Å². The first-order chi connectivity index (χ1) is 16.0. The number of pyridine rings is 2. The predicted molar refractivity (Wildman–Crippen MR) is 124 cm³/mol. The second kappa shape index (κ2) is 8.92. The van der Waals surface area contributed by atoms with E-state index in [0.717, 1.165) is 49.1 Å². The molecule has 1 aliphatic carbocycles. The number of halogens is 3. The maximum absolute atomic E-state index is 14.4. The summed E-state index contributed by atoms with van der Waals surface area (Å²) in [5.74, 6) is 0.661. The summed E-state index contributed by atoms with van der Waals surface area (Å²) in [6.45, 7) is 7.92. The third-order valence-electron chi connectivity index (χ3n) is 6.48. The Kier molecular flexibility index (Phi) is 5.83. The summed E-state index contributed by atoms with van der Waals surface area (Å²) in [6, 6.07) is 7.87. The van der Waals surface area contributed by atoms with Crippen LogP contribution in [0.3, 0.4) is 0 Å². The summed E-state index contributed by atoms with van der Waals surface area (Å²) in [6.07, 6.45) is 3.06. The average molecular weight is 454 g/mol. The first-order valence-corrected chi connectivity index (χ1v) is 11.2. The van der Waals surface area contributed by atoms with Crippen LogP contribution >= 0.6 is 0 Å². The first kappa shape index (κ1) is 21.6. The fourth-order valence-electron chi connectivity index (χ4n) is 4.36. The molecular formula is C25H26F3N5. The molecule has 1 saturated carbocycles. The van der Waals surface area contributed by atoms with Crippen molar-refractivity contribution in [2.75, 3.05) is 36.4 Å². The van der Waals surface area contributed by atoms with Crippen LogP contribution in [0.15, 0.2) is 55.0 Å². The minimum atomic E-state index is -2.85. The van der Waals surface area contributed by atoms with Crippen LogP contribution in [0.2, 0.25) is 0 Å². The van der Waals surface area contributed by atoms with Crippen LogP contribution in [0, 0.1) is 11.7 Å². The van der Waals surface area contributed by atoms with Crippen molar-refractivity contribution >= 4 is 22.4 Å². The largest absolute Gasteiger partial charge is 0.380 e. The van der Waals surface area contributed by atoms with Crippen molar-refractivity contribution in [3.05, 3.63) is 71.9 Å². The van der Waals surface area contributed by atoms with Crippen molar-refractivity contribution in [2.24, 2.45) is 5.92 Å². The van der Waals surface area contributed by atoms with Gasteiger partial charge in [-0.1, -0.05) is 24.8 Å². The maximum atomic E-state index is 14.4. The lowest BCUT2D eigenvalue weighted by Crippen LogP contribution is -2.46. The van der Waals surface area contributed by atoms with Crippen LogP contribution in [0.25, 0.3) is 10.9 Å². The van der Waals surface area contributed by atoms with E-state index in [1.165, 1.54) is 30.7 Å². The van der Waals surface area contributed by atoms with E-state index in [1.54, 1.807) is 18.5 Å². The highest BCUT2D eigenvalue weighted by Crippen LogP contribution is 2.37. The minimum Gasteiger partial charge on any atom is -0.380 e. The highest BCUT2D eigenvalue weighted by molar-refractivity contribution is 5.92. The number of benzene rings is 1. The fraction of sp³-hybridized carbons (Fsp3) is 0.360. The molecule has 1 N–H and O–H groups in total. The summed E-state index contributed by atoms with van der Waals surface area (Å²) in [4.78, 5) is 13.6. The highest BCUT2D eigenvalue weighted by Gasteiger charge is 2.30. The number of nitrogens with zero attached hydrogens (tertiary/aromatic N) is 4. The number of allylic oxidation sites excluding steroid dienone is 1. The maximum Gasteiger partial charge on any atom is 0.266 e. The Morgan fingerprint density at radius 1 is 1.12 bits per heavy atom. The normalized spacial score (nSPS) is 16.5. The van der Waals surface area contributed by atoms with Gasteiger partial charge < -0.3 is 15.1 Å². The number of fused-ring (bicyclic) bond motifs is 1. The van der Waals surface area contributed by atoms with Gasteiger partial charge in [0.05, 0.1) is 17.3 Å². The minimum absolute atomic E-state index is 0.0884. The fourth-order valence-corrected chi connectivity index (χ4v) is 4.36. The molecule has 8 heteroatoms. The zero-order chi connectivity index (χ0) is 22.9. The van der Waals surface area contributed by atoms with Gasteiger partial charge in [-0.05, 0) is 30.9 Å². The summed E-state index contributed by atoms with van der Waals surface area (Å²) in [7, 11) is 0. The quantitative estimate of drug-likeness (QED) is 0.522. The second-order valence-corrected chi connectivity index (χ2v) is 8.63. The van der Waals surface area contributed by atoms with Gasteiger partial charge in [-0.15, -0.1) is 0 Å². The van der Waals surface area contributed by atoms with Crippen molar-refractivity contribution in [1.82, 2.24) is 14.9 Å². The van der Waals surface area contributed by atoms with Gasteiger partial charge in [0, 0.05) is 61.3 Å². The number of piperazine rings is 1. The van der Waals surface area contributed by atoms with E-state index in [0.29, 0.717) is 11.4 Å². The van der Waals surface area contributed by atoms with Crippen LogP contribution in [0.1, 0.15) is 30.4 Å². The first-order valence-electron chi connectivity index (χ1n) is 11.2. The summed E-state index contributed by atoms with van der Waals surface area (Å²) in [5, 5.41) is 4.05. The molecule has 2 aliphatic rings. The zero-order valence-corrected chi connectivity index (χ0v) is 18.3. The third kappa shape index (κ3) is 4.47. The van der Waals surface area contributed by atoms with E-state index in [4.69, 9.17) is 0 Å². The van der Waals surface area contributed by atoms with E-state index < -0.39 is 17.8 Å². The predicted octanol–water partition coefficient (Wildman–Crippen LogP) is 5.36. The Hall–Kier alpha value is -3.29. The van der Waals surface area contributed by atoms with Gasteiger partial charge >= 0.3 is 0 Å². The van der Waals surface area contributed by atoms with Crippen molar-refractivity contribution in [1.29, 1.82) is 0 Å². The molecule has 172 valence electrons. The van der Waals surface area contributed by atoms with E-state index in [1.807, 2.05) is 6.07 Å². The molecule has 5 nitrogen and oxygen atoms in total. The number of nitrogens with one attached hydrogen (secondary N) is 1. The molecule has 5 rings (SSSR count). The van der Waals surface area contributed by atoms with Crippen molar-refractivity contribution in [3.63, 3.8) is 0 Å². The highest BCUT2D eigenvalue weighted by atomic mass is 19.3. The topological polar surface area (TPSA) is 44.3 Å². The Labute approximate surface area is 190 Å². The number of anilines is 2. The Balaban J connectivity index is 1.33. The molecule has 0 spiro atoms. The van der Waals surface area contributed by atoms with Crippen LogP contribution in [0.4, 0.5) is 24.7 Å². The number of hydrogen-bond donors (Lipinski definition) is 1. The van der Waals surface area contributed by atoms with Crippen molar-refractivity contribution in [3.8, 4) is 0 Å². The Morgan fingerprint density at radius 3 is 2.64 bits per heavy atom. The Bertz CT molecular complexity index is 1170. The van der Waals surface area contributed by atoms with Gasteiger partial charge in [0.2, 0.25) is 0 Å². The van der Waals surface area contributed by atoms with Gasteiger partial charge in [-0.3, -0.25) is 4.98 Å². The monoisotopic (exact) mass is 453 g/mol. The lowest BCUT2D eigenvalue weighted by Gasteiger charge is -2.37. The van der Waals surface area contributed by atoms with E-state index >= 15 is 0 Å². The summed E-state index contributed by atoms with van der Waals surface area (Å²) < 4.78 is 40.5. The molecular weight excluding hydrogens is 427 g/mol.